The van der Waals surface area contributed by atoms with Gasteiger partial charge in [0.25, 0.3) is 0 Å². The molecule has 2 rings (SSSR count). The quantitative estimate of drug-likeness (QED) is 0.763. The fraction of sp³-hybridized carbons (Fsp3) is 0.700. The van der Waals surface area contributed by atoms with Crippen LogP contribution in [0, 0.1) is 0 Å². The molecule has 0 N–H and O–H groups in total. The van der Waals surface area contributed by atoms with Crippen LogP contribution in [0.5, 0.6) is 6.01 Å². The van der Waals surface area contributed by atoms with Crippen molar-refractivity contribution < 1.29 is 9.47 Å². The predicted octanol–water partition coefficient (Wildman–Crippen LogP) is 1.15. The second-order valence-corrected chi connectivity index (χ2v) is 4.15. The van der Waals surface area contributed by atoms with Gasteiger partial charge in [-0.15, -0.1) is 0 Å². The largest absolute Gasteiger partial charge is 0.467 e. The Labute approximate surface area is 105 Å². The van der Waals surface area contributed by atoms with Crippen molar-refractivity contribution in [3.63, 3.8) is 0 Å². The van der Waals surface area contributed by atoms with Crippen molar-refractivity contribution in [2.24, 2.45) is 0 Å². The minimum absolute atomic E-state index is 0.148. The smallest absolute Gasteiger partial charge is 0.322 e. The highest BCUT2D eigenvalue weighted by atomic mass is 35.5. The summed E-state index contributed by atoms with van der Waals surface area (Å²) < 4.78 is 10.1. The highest BCUT2D eigenvalue weighted by Gasteiger charge is 2.31. The normalized spacial score (nSPS) is 14.8. The van der Waals surface area contributed by atoms with E-state index in [0.717, 1.165) is 19.4 Å². The molecule has 0 unspecified atom stereocenters. The van der Waals surface area contributed by atoms with E-state index in [9.17, 15) is 0 Å². The maximum absolute atomic E-state index is 5.83. The lowest BCUT2D eigenvalue weighted by Crippen LogP contribution is -2.31. The zero-order valence-corrected chi connectivity index (χ0v) is 10.6. The Kier molecular flexibility index (Phi) is 3.96. The van der Waals surface area contributed by atoms with E-state index in [0.29, 0.717) is 18.6 Å². The van der Waals surface area contributed by atoms with Crippen LogP contribution in [0.15, 0.2) is 0 Å². The fourth-order valence-electron chi connectivity index (χ4n) is 1.56. The number of hydrogen-bond acceptors (Lipinski definition) is 6. The minimum Gasteiger partial charge on any atom is -0.467 e. The third kappa shape index (κ3) is 3.17. The number of anilines is 1. The van der Waals surface area contributed by atoms with E-state index in [-0.39, 0.29) is 11.3 Å². The molecule has 94 valence electrons. The van der Waals surface area contributed by atoms with Gasteiger partial charge in [0.2, 0.25) is 11.2 Å². The summed E-state index contributed by atoms with van der Waals surface area (Å²) >= 11 is 5.83. The summed E-state index contributed by atoms with van der Waals surface area (Å²) in [5.41, 5.74) is 0. The Morgan fingerprint density at radius 1 is 1.29 bits per heavy atom. The zero-order valence-electron chi connectivity index (χ0n) is 9.89. The van der Waals surface area contributed by atoms with Crippen molar-refractivity contribution in [2.45, 2.75) is 18.9 Å². The molecule has 1 aliphatic carbocycles. The van der Waals surface area contributed by atoms with E-state index < -0.39 is 0 Å². The van der Waals surface area contributed by atoms with Gasteiger partial charge in [0.15, 0.2) is 0 Å². The average molecular weight is 259 g/mol. The SMILES string of the molecule is COCCN(c1nc(Cl)nc(OC)n1)C1CC1. The first-order valence-electron chi connectivity index (χ1n) is 5.45. The molecule has 0 atom stereocenters. The summed E-state index contributed by atoms with van der Waals surface area (Å²) in [6, 6.07) is 0.719. The number of aromatic nitrogens is 3. The van der Waals surface area contributed by atoms with Crippen LogP contribution in [-0.4, -0.2) is 48.4 Å². The molecule has 17 heavy (non-hydrogen) atoms. The molecule has 6 nitrogen and oxygen atoms in total. The lowest BCUT2D eigenvalue weighted by atomic mass is 10.5. The van der Waals surface area contributed by atoms with Gasteiger partial charge >= 0.3 is 6.01 Å². The summed E-state index contributed by atoms with van der Waals surface area (Å²) in [7, 11) is 3.18. The van der Waals surface area contributed by atoms with Crippen LogP contribution in [0.3, 0.4) is 0 Å². The van der Waals surface area contributed by atoms with Gasteiger partial charge in [0.05, 0.1) is 13.7 Å². The molecule has 1 heterocycles. The Balaban J connectivity index is 2.18. The molecule has 1 fully saturated rings. The van der Waals surface area contributed by atoms with Crippen LogP contribution in [-0.2, 0) is 4.74 Å². The lowest BCUT2D eigenvalue weighted by molar-refractivity contribution is 0.204. The molecule has 0 aliphatic heterocycles. The topological polar surface area (TPSA) is 60.4 Å². The third-order valence-electron chi connectivity index (χ3n) is 2.54. The first-order valence-corrected chi connectivity index (χ1v) is 5.83. The number of halogens is 1. The molecule has 0 aromatic carbocycles. The van der Waals surface area contributed by atoms with Gasteiger partial charge in [0.1, 0.15) is 0 Å². The highest BCUT2D eigenvalue weighted by molar-refractivity contribution is 6.28. The molecule has 0 saturated heterocycles. The summed E-state index contributed by atoms with van der Waals surface area (Å²) in [5, 5.41) is 0.148. The number of methoxy groups -OCH3 is 2. The molecule has 1 aromatic heterocycles. The predicted molar refractivity (Wildman–Crippen MR) is 63.6 cm³/mol. The van der Waals surface area contributed by atoms with E-state index in [1.807, 2.05) is 0 Å². The second kappa shape index (κ2) is 5.46. The van der Waals surface area contributed by atoms with Crippen molar-refractivity contribution in [3.05, 3.63) is 5.28 Å². The minimum atomic E-state index is 0.148. The van der Waals surface area contributed by atoms with Crippen LogP contribution in [0.4, 0.5) is 5.95 Å². The van der Waals surface area contributed by atoms with Crippen molar-refractivity contribution in [2.75, 3.05) is 32.3 Å². The average Bonchev–Trinajstić information content (AvgIpc) is 3.13. The van der Waals surface area contributed by atoms with E-state index in [4.69, 9.17) is 21.1 Å². The van der Waals surface area contributed by atoms with Gasteiger partial charge in [-0.2, -0.15) is 15.0 Å². The summed E-state index contributed by atoms with van der Waals surface area (Å²) in [4.78, 5) is 14.3. The van der Waals surface area contributed by atoms with Crippen LogP contribution >= 0.6 is 11.6 Å². The van der Waals surface area contributed by atoms with Gasteiger partial charge < -0.3 is 14.4 Å². The van der Waals surface area contributed by atoms with Crippen molar-refractivity contribution in [1.82, 2.24) is 15.0 Å². The van der Waals surface area contributed by atoms with Gasteiger partial charge in [-0.05, 0) is 24.4 Å². The van der Waals surface area contributed by atoms with E-state index in [2.05, 4.69) is 19.9 Å². The molecule has 1 saturated carbocycles. The highest BCUT2D eigenvalue weighted by Crippen LogP contribution is 2.30. The zero-order chi connectivity index (χ0) is 12.3. The molecule has 7 heteroatoms. The molecule has 0 radical (unpaired) electrons. The Morgan fingerprint density at radius 2 is 2.06 bits per heavy atom. The van der Waals surface area contributed by atoms with Crippen molar-refractivity contribution in [3.8, 4) is 6.01 Å². The van der Waals surface area contributed by atoms with Gasteiger partial charge in [-0.25, -0.2) is 0 Å². The number of hydrogen-bond donors (Lipinski definition) is 0. The lowest BCUT2D eigenvalue weighted by Gasteiger charge is -2.21. The van der Waals surface area contributed by atoms with E-state index in [1.165, 1.54) is 7.11 Å². The molecular formula is C10H15ClN4O2. The monoisotopic (exact) mass is 258 g/mol. The van der Waals surface area contributed by atoms with Crippen molar-refractivity contribution >= 4 is 17.5 Å². The molecule has 1 aliphatic rings. The van der Waals surface area contributed by atoms with Crippen LogP contribution in [0.25, 0.3) is 0 Å². The number of ether oxygens (including phenoxy) is 2. The molecular weight excluding hydrogens is 244 g/mol. The number of nitrogens with zero attached hydrogens (tertiary/aromatic N) is 4. The first-order chi connectivity index (χ1) is 8.24. The van der Waals surface area contributed by atoms with Crippen LogP contribution in [0.2, 0.25) is 5.28 Å². The Morgan fingerprint density at radius 3 is 2.65 bits per heavy atom. The van der Waals surface area contributed by atoms with Gasteiger partial charge in [-0.1, -0.05) is 0 Å². The molecule has 0 bridgehead atoms. The first kappa shape index (κ1) is 12.3. The fourth-order valence-corrected chi connectivity index (χ4v) is 1.71. The maximum atomic E-state index is 5.83. The van der Waals surface area contributed by atoms with Crippen LogP contribution in [0.1, 0.15) is 12.8 Å². The molecule has 0 amide bonds. The summed E-state index contributed by atoms with van der Waals surface area (Å²) in [6.07, 6.45) is 2.30. The van der Waals surface area contributed by atoms with Crippen LogP contribution < -0.4 is 9.64 Å². The van der Waals surface area contributed by atoms with Gasteiger partial charge in [0, 0.05) is 19.7 Å². The Hall–Kier alpha value is -1.14. The van der Waals surface area contributed by atoms with Crippen molar-refractivity contribution in [1.29, 1.82) is 0 Å². The standard InChI is InChI=1S/C10H15ClN4O2/c1-16-6-5-15(7-3-4-7)9-12-8(11)13-10(14-9)17-2/h7H,3-6H2,1-2H3. The van der Waals surface area contributed by atoms with E-state index >= 15 is 0 Å². The Bertz CT molecular complexity index is 387. The molecule has 1 aromatic rings. The summed E-state index contributed by atoms with van der Waals surface area (Å²) in [5.74, 6) is 0.557. The maximum Gasteiger partial charge on any atom is 0.322 e. The summed E-state index contributed by atoms with van der Waals surface area (Å²) in [6.45, 7) is 1.37. The second-order valence-electron chi connectivity index (χ2n) is 3.81. The van der Waals surface area contributed by atoms with Gasteiger partial charge in [-0.3, -0.25) is 0 Å². The third-order valence-corrected chi connectivity index (χ3v) is 2.71. The molecule has 0 spiro atoms. The number of rotatable bonds is 6. The van der Waals surface area contributed by atoms with E-state index in [1.54, 1.807) is 7.11 Å².